The van der Waals surface area contributed by atoms with Crippen LogP contribution in [0.15, 0.2) is 48.5 Å². The van der Waals surface area contributed by atoms with Crippen molar-refractivity contribution >= 4 is 17.7 Å². The lowest BCUT2D eigenvalue weighted by Crippen LogP contribution is -2.60. The number of rotatable bonds is 3. The zero-order valence-corrected chi connectivity index (χ0v) is 19.9. The number of aryl methyl sites for hydroxylation is 1. The Hall–Kier alpha value is -3.26. The molecule has 0 aromatic heterocycles. The fraction of sp³-hybridized carbons (Fsp3) is 0.444. The van der Waals surface area contributed by atoms with Crippen molar-refractivity contribution < 1.29 is 23.5 Å². The molecule has 1 unspecified atom stereocenters. The third-order valence-electron chi connectivity index (χ3n) is 7.35. The summed E-state index contributed by atoms with van der Waals surface area (Å²) in [4.78, 5) is 45.3. The van der Waals surface area contributed by atoms with Crippen LogP contribution in [0.1, 0.15) is 52.0 Å². The summed E-state index contributed by atoms with van der Waals surface area (Å²) in [6.45, 7) is 4.16. The molecule has 3 fully saturated rings. The predicted octanol–water partition coefficient (Wildman–Crippen LogP) is 3.23. The van der Waals surface area contributed by atoms with Crippen molar-refractivity contribution in [3.8, 4) is 0 Å². The van der Waals surface area contributed by atoms with Crippen molar-refractivity contribution in [2.75, 3.05) is 32.8 Å². The number of likely N-dealkylation sites (tertiary alicyclic amines) is 2. The monoisotopic (exact) mass is 479 g/mol. The molecule has 8 heteroatoms. The smallest absolute Gasteiger partial charge is 0.256 e. The standard InChI is InChI=1S/C27H30FN3O4/c1-19-6-4-7-20(16-19)25(33)31-23(26(34)29-12-2-3-13-29)18-35-27(31)10-14-30(15-11-27)24(32)21-8-5-9-22(28)17-21/h4-9,16-17,23H,2-3,10-15,18H2,1H3. The van der Waals surface area contributed by atoms with Gasteiger partial charge in [-0.25, -0.2) is 4.39 Å². The van der Waals surface area contributed by atoms with Crippen LogP contribution in [-0.2, 0) is 9.53 Å². The molecule has 0 aliphatic carbocycles. The average Bonchev–Trinajstić information content (AvgIpc) is 3.52. The first-order valence-electron chi connectivity index (χ1n) is 12.3. The van der Waals surface area contributed by atoms with Crippen molar-refractivity contribution in [1.29, 1.82) is 0 Å². The summed E-state index contributed by atoms with van der Waals surface area (Å²) in [6.07, 6.45) is 2.70. The van der Waals surface area contributed by atoms with E-state index in [0.717, 1.165) is 18.4 Å². The summed E-state index contributed by atoms with van der Waals surface area (Å²) in [5, 5.41) is 0. The summed E-state index contributed by atoms with van der Waals surface area (Å²) >= 11 is 0. The van der Waals surface area contributed by atoms with E-state index < -0.39 is 17.6 Å². The van der Waals surface area contributed by atoms with Crippen molar-refractivity contribution in [2.24, 2.45) is 0 Å². The van der Waals surface area contributed by atoms with Gasteiger partial charge < -0.3 is 14.5 Å². The highest BCUT2D eigenvalue weighted by atomic mass is 19.1. The highest BCUT2D eigenvalue weighted by molar-refractivity contribution is 5.99. The van der Waals surface area contributed by atoms with Crippen molar-refractivity contribution in [2.45, 2.75) is 44.4 Å². The number of carbonyl (C=O) groups is 3. The molecule has 0 saturated carbocycles. The lowest BCUT2D eigenvalue weighted by Gasteiger charge is -2.44. The molecular weight excluding hydrogens is 449 g/mol. The van der Waals surface area contributed by atoms with Gasteiger partial charge in [0, 0.05) is 50.1 Å². The van der Waals surface area contributed by atoms with E-state index >= 15 is 0 Å². The van der Waals surface area contributed by atoms with Crippen LogP contribution in [0.5, 0.6) is 0 Å². The van der Waals surface area contributed by atoms with Gasteiger partial charge in [-0.05, 0) is 50.1 Å². The molecule has 2 aromatic carbocycles. The molecule has 0 N–H and O–H groups in total. The van der Waals surface area contributed by atoms with E-state index in [0.29, 0.717) is 50.1 Å². The van der Waals surface area contributed by atoms with Gasteiger partial charge in [0.25, 0.3) is 11.8 Å². The maximum atomic E-state index is 13.8. The molecule has 0 radical (unpaired) electrons. The van der Waals surface area contributed by atoms with Gasteiger partial charge in [-0.1, -0.05) is 23.8 Å². The van der Waals surface area contributed by atoms with Crippen LogP contribution in [-0.4, -0.2) is 77.0 Å². The third kappa shape index (κ3) is 4.43. The highest BCUT2D eigenvalue weighted by Crippen LogP contribution is 2.39. The minimum absolute atomic E-state index is 0.0707. The Morgan fingerprint density at radius 1 is 0.886 bits per heavy atom. The molecule has 7 nitrogen and oxygen atoms in total. The van der Waals surface area contributed by atoms with E-state index in [9.17, 15) is 18.8 Å². The second kappa shape index (κ2) is 9.41. The zero-order valence-electron chi connectivity index (χ0n) is 19.9. The number of hydrogen-bond acceptors (Lipinski definition) is 4. The number of piperidine rings is 1. The molecule has 0 bridgehead atoms. The lowest BCUT2D eigenvalue weighted by atomic mass is 9.95. The van der Waals surface area contributed by atoms with Crippen LogP contribution in [0.2, 0.25) is 0 Å². The fourth-order valence-electron chi connectivity index (χ4n) is 5.48. The Kier molecular flexibility index (Phi) is 6.32. The van der Waals surface area contributed by atoms with Gasteiger partial charge in [-0.2, -0.15) is 0 Å². The maximum absolute atomic E-state index is 13.8. The second-order valence-electron chi connectivity index (χ2n) is 9.65. The molecule has 3 saturated heterocycles. The van der Waals surface area contributed by atoms with Gasteiger partial charge in [0.2, 0.25) is 5.91 Å². The Labute approximate surface area is 204 Å². The first-order chi connectivity index (χ1) is 16.9. The summed E-state index contributed by atoms with van der Waals surface area (Å²) in [7, 11) is 0. The van der Waals surface area contributed by atoms with E-state index in [1.54, 1.807) is 21.9 Å². The van der Waals surface area contributed by atoms with Crippen LogP contribution in [0.4, 0.5) is 4.39 Å². The van der Waals surface area contributed by atoms with Gasteiger partial charge >= 0.3 is 0 Å². The van der Waals surface area contributed by atoms with Crippen LogP contribution >= 0.6 is 0 Å². The van der Waals surface area contributed by atoms with Crippen molar-refractivity contribution in [3.05, 3.63) is 71.0 Å². The van der Waals surface area contributed by atoms with E-state index in [1.165, 1.54) is 18.2 Å². The SMILES string of the molecule is Cc1cccc(C(=O)N2C(C(=O)N3CCCC3)COC23CCN(C(=O)c2cccc(F)c2)CC3)c1. The van der Waals surface area contributed by atoms with Crippen LogP contribution < -0.4 is 0 Å². The number of nitrogens with zero attached hydrogens (tertiary/aromatic N) is 3. The van der Waals surface area contributed by atoms with Crippen LogP contribution in [0.25, 0.3) is 0 Å². The Bertz CT molecular complexity index is 1140. The van der Waals surface area contributed by atoms with Crippen LogP contribution in [0.3, 0.4) is 0 Å². The first-order valence-corrected chi connectivity index (χ1v) is 12.3. The number of halogens is 1. The zero-order chi connectivity index (χ0) is 24.6. The molecule has 3 heterocycles. The molecule has 1 spiro atoms. The molecule has 2 aromatic rings. The van der Waals surface area contributed by atoms with E-state index in [1.807, 2.05) is 30.0 Å². The normalized spacial score (nSPS) is 21.5. The fourth-order valence-corrected chi connectivity index (χ4v) is 5.48. The number of benzene rings is 2. The van der Waals surface area contributed by atoms with E-state index in [4.69, 9.17) is 4.74 Å². The molecule has 3 aliphatic heterocycles. The summed E-state index contributed by atoms with van der Waals surface area (Å²) < 4.78 is 19.9. The quantitative estimate of drug-likeness (QED) is 0.678. The molecule has 1 atom stereocenters. The minimum atomic E-state index is -0.959. The molecule has 184 valence electrons. The second-order valence-corrected chi connectivity index (χ2v) is 9.65. The van der Waals surface area contributed by atoms with Crippen molar-refractivity contribution in [1.82, 2.24) is 14.7 Å². The lowest BCUT2D eigenvalue weighted by molar-refractivity contribution is -0.136. The largest absolute Gasteiger partial charge is 0.353 e. The molecule has 35 heavy (non-hydrogen) atoms. The highest BCUT2D eigenvalue weighted by Gasteiger charge is 2.55. The van der Waals surface area contributed by atoms with Crippen molar-refractivity contribution in [3.63, 3.8) is 0 Å². The van der Waals surface area contributed by atoms with E-state index in [-0.39, 0.29) is 24.3 Å². The summed E-state index contributed by atoms with van der Waals surface area (Å²) in [5.41, 5.74) is 0.818. The summed E-state index contributed by atoms with van der Waals surface area (Å²) in [6, 6.07) is 12.3. The average molecular weight is 480 g/mol. The van der Waals surface area contributed by atoms with Gasteiger partial charge in [0.15, 0.2) is 0 Å². The predicted molar refractivity (Wildman–Crippen MR) is 127 cm³/mol. The minimum Gasteiger partial charge on any atom is -0.353 e. The first kappa shape index (κ1) is 23.5. The van der Waals surface area contributed by atoms with Crippen LogP contribution in [0, 0.1) is 12.7 Å². The Morgan fingerprint density at radius 3 is 2.20 bits per heavy atom. The Morgan fingerprint density at radius 2 is 1.54 bits per heavy atom. The Balaban J connectivity index is 1.40. The summed E-state index contributed by atoms with van der Waals surface area (Å²) in [5.74, 6) is -1.01. The number of amides is 3. The van der Waals surface area contributed by atoms with Gasteiger partial charge in [0.05, 0.1) is 6.61 Å². The number of ether oxygens (including phenoxy) is 1. The number of hydrogen-bond donors (Lipinski definition) is 0. The number of carbonyl (C=O) groups excluding carboxylic acids is 3. The maximum Gasteiger partial charge on any atom is 0.256 e. The molecule has 3 amide bonds. The van der Waals surface area contributed by atoms with Gasteiger partial charge in [-0.3, -0.25) is 19.3 Å². The molecule has 3 aliphatic rings. The van der Waals surface area contributed by atoms with Gasteiger partial charge in [-0.15, -0.1) is 0 Å². The topological polar surface area (TPSA) is 70.2 Å². The molecular formula is C27H30FN3O4. The van der Waals surface area contributed by atoms with E-state index in [2.05, 4.69) is 0 Å². The van der Waals surface area contributed by atoms with Gasteiger partial charge in [0.1, 0.15) is 17.6 Å². The molecule has 5 rings (SSSR count). The third-order valence-corrected chi connectivity index (χ3v) is 7.35.